The second-order valence-electron chi connectivity index (χ2n) is 3.23. The minimum Gasteiger partial charge on any atom is -0.369 e. The number of halogens is 4. The lowest BCUT2D eigenvalue weighted by atomic mass is 10.2. The molecule has 16 heavy (non-hydrogen) atoms. The monoisotopic (exact) mass is 295 g/mol. The van der Waals surface area contributed by atoms with Gasteiger partial charge in [0, 0.05) is 24.8 Å². The minimum absolute atomic E-state index is 0.0178. The maximum atomic E-state index is 12.5. The molecule has 0 amide bonds. The summed E-state index contributed by atoms with van der Waals surface area (Å²) in [5, 5.41) is 0. The van der Waals surface area contributed by atoms with Crippen molar-refractivity contribution in [3.05, 3.63) is 22.3 Å². The van der Waals surface area contributed by atoms with Crippen LogP contribution >= 0.6 is 15.9 Å². The molecule has 7 heteroatoms. The van der Waals surface area contributed by atoms with Gasteiger partial charge < -0.3 is 4.90 Å². The van der Waals surface area contributed by atoms with Crippen LogP contribution in [-0.2, 0) is 6.18 Å². The third-order valence-corrected chi connectivity index (χ3v) is 2.20. The Balaban J connectivity index is 3.08. The van der Waals surface area contributed by atoms with Gasteiger partial charge in [0.25, 0.3) is 0 Å². The average molecular weight is 296 g/mol. The van der Waals surface area contributed by atoms with Crippen LogP contribution in [0.25, 0.3) is 0 Å². The summed E-state index contributed by atoms with van der Waals surface area (Å²) in [5.74, 6) is 0.0178. The minimum atomic E-state index is -4.41. The van der Waals surface area contributed by atoms with Gasteiger partial charge in [-0.05, 0) is 22.0 Å². The molecule has 0 aromatic carbocycles. The third-order valence-electron chi connectivity index (χ3n) is 1.57. The van der Waals surface area contributed by atoms with Crippen LogP contribution in [0.2, 0.25) is 0 Å². The van der Waals surface area contributed by atoms with Crippen molar-refractivity contribution in [1.82, 2.24) is 9.88 Å². The Bertz CT molecular complexity index is 401. The van der Waals surface area contributed by atoms with Gasteiger partial charge >= 0.3 is 6.18 Å². The molecule has 0 N–H and O–H groups in total. The van der Waals surface area contributed by atoms with E-state index in [2.05, 4.69) is 25.9 Å². The molecule has 1 rings (SSSR count). The first-order valence-corrected chi connectivity index (χ1v) is 5.03. The highest BCUT2D eigenvalue weighted by Gasteiger charge is 2.33. The largest absolute Gasteiger partial charge is 0.417 e. The topological polar surface area (TPSA) is 28.5 Å². The molecule has 3 nitrogen and oxygen atoms in total. The maximum Gasteiger partial charge on any atom is 0.417 e. The van der Waals surface area contributed by atoms with Gasteiger partial charge in [0.05, 0.1) is 11.9 Å². The van der Waals surface area contributed by atoms with Crippen LogP contribution in [0.5, 0.6) is 0 Å². The number of nitrogens with zero attached hydrogens (tertiary/aromatic N) is 3. The van der Waals surface area contributed by atoms with Gasteiger partial charge in [-0.15, -0.1) is 0 Å². The lowest BCUT2D eigenvalue weighted by Gasteiger charge is -2.09. The summed E-state index contributed by atoms with van der Waals surface area (Å²) in [4.78, 5) is 9.15. The molecule has 1 aromatic rings. The number of hydrogen-bond acceptors (Lipinski definition) is 2. The first-order valence-electron chi connectivity index (χ1n) is 4.24. The molecule has 0 bridgehead atoms. The van der Waals surface area contributed by atoms with E-state index < -0.39 is 11.7 Å². The van der Waals surface area contributed by atoms with Gasteiger partial charge in [-0.25, -0.2) is 9.98 Å². The number of aromatic nitrogens is 1. The molecule has 0 fully saturated rings. The fourth-order valence-corrected chi connectivity index (χ4v) is 1.33. The van der Waals surface area contributed by atoms with Crippen LogP contribution in [0.15, 0.2) is 21.7 Å². The second kappa shape index (κ2) is 4.82. The van der Waals surface area contributed by atoms with Crippen LogP contribution in [0, 0.1) is 0 Å². The predicted octanol–water partition coefficient (Wildman–Crippen LogP) is 3.08. The maximum absolute atomic E-state index is 12.5. The number of hydrogen-bond donors (Lipinski definition) is 0. The van der Waals surface area contributed by atoms with Gasteiger partial charge in [0.2, 0.25) is 0 Å². The summed E-state index contributed by atoms with van der Waals surface area (Å²) >= 11 is 2.80. The summed E-state index contributed by atoms with van der Waals surface area (Å²) in [5.41, 5.74) is -0.784. The average Bonchev–Trinajstić information content (AvgIpc) is 2.14. The van der Waals surface area contributed by atoms with Gasteiger partial charge in [-0.2, -0.15) is 13.2 Å². The van der Waals surface area contributed by atoms with E-state index >= 15 is 0 Å². The van der Waals surface area contributed by atoms with Crippen LogP contribution in [0.1, 0.15) is 5.56 Å². The van der Waals surface area contributed by atoms with Crippen LogP contribution < -0.4 is 0 Å². The SMILES string of the molecule is CN(C)/C=N\c1cc(C(F)(F)F)c(Br)cn1. The van der Waals surface area contributed by atoms with Gasteiger partial charge in [-0.1, -0.05) is 0 Å². The van der Waals surface area contributed by atoms with Crippen molar-refractivity contribution in [2.24, 2.45) is 4.99 Å². The van der Waals surface area contributed by atoms with Crippen molar-refractivity contribution in [2.75, 3.05) is 14.1 Å². The molecule has 1 heterocycles. The zero-order chi connectivity index (χ0) is 12.3. The third kappa shape index (κ3) is 3.48. The van der Waals surface area contributed by atoms with Crippen molar-refractivity contribution in [3.8, 4) is 0 Å². The Morgan fingerprint density at radius 3 is 2.56 bits per heavy atom. The van der Waals surface area contributed by atoms with E-state index in [9.17, 15) is 13.2 Å². The molecule has 1 aromatic heterocycles. The quantitative estimate of drug-likeness (QED) is 0.620. The summed E-state index contributed by atoms with van der Waals surface area (Å²) < 4.78 is 37.4. The molecular weight excluding hydrogens is 287 g/mol. The van der Waals surface area contributed by atoms with E-state index in [-0.39, 0.29) is 10.3 Å². The summed E-state index contributed by atoms with van der Waals surface area (Å²) in [6.07, 6.45) is -1.94. The Morgan fingerprint density at radius 2 is 2.06 bits per heavy atom. The Morgan fingerprint density at radius 1 is 1.44 bits per heavy atom. The normalized spacial score (nSPS) is 12.1. The standard InChI is InChI=1S/C9H9BrF3N3/c1-16(2)5-15-8-3-6(9(11,12)13)7(10)4-14-8/h3-5H,1-2H3/b15-5-. The molecule has 0 aliphatic heterocycles. The molecule has 0 saturated heterocycles. The van der Waals surface area contributed by atoms with Crippen molar-refractivity contribution in [3.63, 3.8) is 0 Å². The Labute approximate surface area is 99.1 Å². The number of rotatable bonds is 2. The smallest absolute Gasteiger partial charge is 0.369 e. The Kier molecular flexibility index (Phi) is 3.90. The van der Waals surface area contributed by atoms with Crippen LogP contribution in [0.3, 0.4) is 0 Å². The van der Waals surface area contributed by atoms with E-state index in [1.807, 2.05) is 0 Å². The number of pyridine rings is 1. The van der Waals surface area contributed by atoms with E-state index in [0.717, 1.165) is 12.3 Å². The summed E-state index contributed by atoms with van der Waals surface area (Å²) in [6.45, 7) is 0. The zero-order valence-electron chi connectivity index (χ0n) is 8.59. The van der Waals surface area contributed by atoms with Gasteiger partial charge in [0.1, 0.15) is 0 Å². The predicted molar refractivity (Wildman–Crippen MR) is 58.8 cm³/mol. The van der Waals surface area contributed by atoms with E-state index in [0.29, 0.717) is 0 Å². The number of alkyl halides is 3. The first kappa shape index (κ1) is 13.0. The van der Waals surface area contributed by atoms with Crippen molar-refractivity contribution >= 4 is 28.1 Å². The van der Waals surface area contributed by atoms with Crippen molar-refractivity contribution < 1.29 is 13.2 Å². The highest BCUT2D eigenvalue weighted by atomic mass is 79.9. The molecule has 88 valence electrons. The number of aliphatic imine (C=N–C) groups is 1. The highest BCUT2D eigenvalue weighted by Crippen LogP contribution is 2.35. The molecule has 0 radical (unpaired) electrons. The fraction of sp³-hybridized carbons (Fsp3) is 0.333. The fourth-order valence-electron chi connectivity index (χ4n) is 0.890. The van der Waals surface area contributed by atoms with E-state index in [1.54, 1.807) is 19.0 Å². The highest BCUT2D eigenvalue weighted by molar-refractivity contribution is 9.10. The van der Waals surface area contributed by atoms with Crippen LogP contribution in [-0.4, -0.2) is 30.3 Å². The molecule has 0 aliphatic carbocycles. The summed E-state index contributed by atoms with van der Waals surface area (Å²) in [7, 11) is 3.43. The molecule has 0 spiro atoms. The van der Waals surface area contributed by atoms with Gasteiger partial charge in [0.15, 0.2) is 5.82 Å². The molecule has 0 aliphatic rings. The molecule has 0 atom stereocenters. The zero-order valence-corrected chi connectivity index (χ0v) is 10.2. The summed E-state index contributed by atoms with van der Waals surface area (Å²) in [6, 6.07) is 0.893. The lowest BCUT2D eigenvalue weighted by Crippen LogP contribution is -2.08. The van der Waals surface area contributed by atoms with Gasteiger partial charge in [-0.3, -0.25) is 0 Å². The molecule has 0 unspecified atom stereocenters. The van der Waals surface area contributed by atoms with E-state index in [4.69, 9.17) is 0 Å². The lowest BCUT2D eigenvalue weighted by molar-refractivity contribution is -0.138. The van der Waals surface area contributed by atoms with Crippen molar-refractivity contribution in [1.29, 1.82) is 0 Å². The van der Waals surface area contributed by atoms with Crippen LogP contribution in [0.4, 0.5) is 19.0 Å². The van der Waals surface area contributed by atoms with Crippen molar-refractivity contribution in [2.45, 2.75) is 6.18 Å². The Hall–Kier alpha value is -1.11. The first-order chi connectivity index (χ1) is 7.30. The molecular formula is C9H9BrF3N3. The van der Waals surface area contributed by atoms with E-state index in [1.165, 1.54) is 6.34 Å². The second-order valence-corrected chi connectivity index (χ2v) is 4.08. The molecule has 0 saturated carbocycles.